The quantitative estimate of drug-likeness (QED) is 0.655. The van der Waals surface area contributed by atoms with E-state index in [0.29, 0.717) is 23.6 Å². The highest BCUT2D eigenvalue weighted by molar-refractivity contribution is 5.96. The van der Waals surface area contributed by atoms with Gasteiger partial charge in [0.1, 0.15) is 0 Å². The maximum Gasteiger partial charge on any atom is 0.273 e. The van der Waals surface area contributed by atoms with Crippen LogP contribution in [0.4, 0.5) is 5.69 Å². The van der Waals surface area contributed by atoms with E-state index in [-0.39, 0.29) is 17.6 Å². The number of hydrogen-bond acceptors (Lipinski definition) is 4. The van der Waals surface area contributed by atoms with Gasteiger partial charge in [-0.1, -0.05) is 6.07 Å². The van der Waals surface area contributed by atoms with Gasteiger partial charge in [-0.05, 0) is 31.7 Å². The van der Waals surface area contributed by atoms with Gasteiger partial charge in [-0.15, -0.1) is 0 Å². The first-order valence-electron chi connectivity index (χ1n) is 6.68. The second-order valence-corrected chi connectivity index (χ2v) is 5.26. The van der Waals surface area contributed by atoms with Crippen LogP contribution in [0.1, 0.15) is 28.8 Å². The topological polar surface area (TPSA) is 89.5 Å². The predicted octanol–water partition coefficient (Wildman–Crippen LogP) is 1.71. The van der Waals surface area contributed by atoms with Gasteiger partial charge >= 0.3 is 0 Å². The van der Waals surface area contributed by atoms with Gasteiger partial charge in [0, 0.05) is 36.8 Å². The predicted molar refractivity (Wildman–Crippen MR) is 75.5 cm³/mol. The molecule has 1 unspecified atom stereocenters. The SMILES string of the molecule is Cc1c(C(=O)N(C)C(CN)C2CC2)cccc1[N+](=O)[O-]. The molecule has 0 aromatic heterocycles. The minimum absolute atomic E-state index is 0.0150. The number of benzene rings is 1. The number of likely N-dealkylation sites (N-methyl/N-ethyl adjacent to an activating group) is 1. The molecular weight excluding hydrogens is 258 g/mol. The van der Waals surface area contributed by atoms with Crippen molar-refractivity contribution < 1.29 is 9.72 Å². The van der Waals surface area contributed by atoms with Gasteiger partial charge in [-0.25, -0.2) is 0 Å². The lowest BCUT2D eigenvalue weighted by Gasteiger charge is -2.27. The van der Waals surface area contributed by atoms with Gasteiger partial charge in [0.15, 0.2) is 0 Å². The average Bonchev–Trinajstić information content (AvgIpc) is 3.23. The normalized spacial score (nSPS) is 15.8. The fourth-order valence-corrected chi connectivity index (χ4v) is 2.54. The summed E-state index contributed by atoms with van der Waals surface area (Å²) in [7, 11) is 1.72. The summed E-state index contributed by atoms with van der Waals surface area (Å²) >= 11 is 0. The minimum Gasteiger partial charge on any atom is -0.337 e. The van der Waals surface area contributed by atoms with Crippen molar-refractivity contribution in [3.05, 3.63) is 39.4 Å². The van der Waals surface area contributed by atoms with Gasteiger partial charge in [-0.3, -0.25) is 14.9 Å². The zero-order valence-electron chi connectivity index (χ0n) is 11.7. The molecule has 2 N–H and O–H groups in total. The summed E-state index contributed by atoms with van der Waals surface area (Å²) in [5, 5.41) is 10.9. The molecule has 6 heteroatoms. The van der Waals surface area contributed by atoms with Crippen LogP contribution in [0.2, 0.25) is 0 Å². The molecule has 1 saturated carbocycles. The smallest absolute Gasteiger partial charge is 0.273 e. The standard InChI is InChI=1S/C14H19N3O3/c1-9-11(4-3-5-12(9)17(19)20)14(18)16(2)13(8-15)10-6-7-10/h3-5,10,13H,6-8,15H2,1-2H3. The van der Waals surface area contributed by atoms with Crippen molar-refractivity contribution in [3.8, 4) is 0 Å². The van der Waals surface area contributed by atoms with E-state index in [0.717, 1.165) is 12.8 Å². The summed E-state index contributed by atoms with van der Waals surface area (Å²) in [5.41, 5.74) is 6.50. The summed E-state index contributed by atoms with van der Waals surface area (Å²) in [6.07, 6.45) is 2.18. The van der Waals surface area contributed by atoms with Crippen molar-refractivity contribution in [3.63, 3.8) is 0 Å². The lowest BCUT2D eigenvalue weighted by atomic mass is 10.0. The van der Waals surface area contributed by atoms with E-state index in [1.54, 1.807) is 31.0 Å². The van der Waals surface area contributed by atoms with Gasteiger partial charge in [0.2, 0.25) is 0 Å². The second-order valence-electron chi connectivity index (χ2n) is 5.26. The first kappa shape index (κ1) is 14.5. The van der Waals surface area contributed by atoms with E-state index in [1.165, 1.54) is 6.07 Å². The summed E-state index contributed by atoms with van der Waals surface area (Å²) in [4.78, 5) is 24.6. The molecule has 0 aliphatic heterocycles. The maximum absolute atomic E-state index is 12.5. The lowest BCUT2D eigenvalue weighted by Crippen LogP contribution is -2.43. The third-order valence-electron chi connectivity index (χ3n) is 3.96. The Morgan fingerprint density at radius 1 is 1.55 bits per heavy atom. The second kappa shape index (κ2) is 5.58. The van der Waals surface area contributed by atoms with E-state index < -0.39 is 4.92 Å². The zero-order chi connectivity index (χ0) is 14.9. The van der Waals surface area contributed by atoms with Crippen LogP contribution in [0.3, 0.4) is 0 Å². The van der Waals surface area contributed by atoms with Gasteiger partial charge in [0.05, 0.1) is 4.92 Å². The molecule has 0 saturated heterocycles. The summed E-state index contributed by atoms with van der Waals surface area (Å²) in [5.74, 6) is 0.265. The van der Waals surface area contributed by atoms with Crippen LogP contribution in [0.5, 0.6) is 0 Å². The molecule has 1 aliphatic rings. The first-order valence-corrected chi connectivity index (χ1v) is 6.68. The summed E-state index contributed by atoms with van der Waals surface area (Å²) in [6, 6.07) is 4.59. The van der Waals surface area contributed by atoms with Gasteiger partial charge in [0.25, 0.3) is 11.6 Å². The summed E-state index contributed by atoms with van der Waals surface area (Å²) in [6.45, 7) is 2.02. The number of nitrogens with two attached hydrogens (primary N) is 1. The molecular formula is C14H19N3O3. The Kier molecular flexibility index (Phi) is 4.04. The highest BCUT2D eigenvalue weighted by Gasteiger charge is 2.35. The Bertz CT molecular complexity index is 540. The number of carbonyl (C=O) groups excluding carboxylic acids is 1. The number of nitro benzene ring substituents is 1. The van der Waals surface area contributed by atoms with Crippen LogP contribution in [0.25, 0.3) is 0 Å². The fourth-order valence-electron chi connectivity index (χ4n) is 2.54. The maximum atomic E-state index is 12.5. The molecule has 0 radical (unpaired) electrons. The van der Waals surface area contributed by atoms with Crippen LogP contribution in [0.15, 0.2) is 18.2 Å². The average molecular weight is 277 g/mol. The highest BCUT2D eigenvalue weighted by Crippen LogP contribution is 2.35. The third kappa shape index (κ3) is 2.65. The first-order chi connectivity index (χ1) is 9.47. The number of rotatable bonds is 5. The number of carbonyl (C=O) groups is 1. The van der Waals surface area contributed by atoms with E-state index in [4.69, 9.17) is 5.73 Å². The molecule has 0 spiro atoms. The molecule has 0 heterocycles. The molecule has 1 atom stereocenters. The molecule has 108 valence electrons. The Hall–Kier alpha value is -1.95. The molecule has 1 aromatic carbocycles. The van der Waals surface area contributed by atoms with E-state index in [2.05, 4.69) is 0 Å². The lowest BCUT2D eigenvalue weighted by molar-refractivity contribution is -0.385. The molecule has 20 heavy (non-hydrogen) atoms. The van der Waals surface area contributed by atoms with Crippen LogP contribution in [0, 0.1) is 23.0 Å². The molecule has 0 bridgehead atoms. The highest BCUT2D eigenvalue weighted by atomic mass is 16.6. The van der Waals surface area contributed by atoms with Crippen molar-refractivity contribution in [1.82, 2.24) is 4.90 Å². The van der Waals surface area contributed by atoms with Crippen molar-refractivity contribution in [2.75, 3.05) is 13.6 Å². The van der Waals surface area contributed by atoms with E-state index in [1.807, 2.05) is 0 Å². The van der Waals surface area contributed by atoms with Crippen molar-refractivity contribution in [2.24, 2.45) is 11.7 Å². The minimum atomic E-state index is -0.465. The van der Waals surface area contributed by atoms with Crippen LogP contribution in [-0.4, -0.2) is 35.4 Å². The Morgan fingerprint density at radius 3 is 2.70 bits per heavy atom. The monoisotopic (exact) mass is 277 g/mol. The van der Waals surface area contributed by atoms with Crippen molar-refractivity contribution in [1.29, 1.82) is 0 Å². The molecule has 1 aromatic rings. The Morgan fingerprint density at radius 2 is 2.20 bits per heavy atom. The van der Waals surface area contributed by atoms with Crippen LogP contribution >= 0.6 is 0 Å². The van der Waals surface area contributed by atoms with Crippen molar-refractivity contribution in [2.45, 2.75) is 25.8 Å². The number of nitrogens with zero attached hydrogens (tertiary/aromatic N) is 2. The van der Waals surface area contributed by atoms with Crippen molar-refractivity contribution >= 4 is 11.6 Å². The summed E-state index contributed by atoms with van der Waals surface area (Å²) < 4.78 is 0. The molecule has 1 fully saturated rings. The van der Waals surface area contributed by atoms with Gasteiger partial charge < -0.3 is 10.6 Å². The van der Waals surface area contributed by atoms with Crippen LogP contribution < -0.4 is 5.73 Å². The van der Waals surface area contributed by atoms with E-state index in [9.17, 15) is 14.9 Å². The molecule has 6 nitrogen and oxygen atoms in total. The Labute approximate surface area is 117 Å². The largest absolute Gasteiger partial charge is 0.337 e. The molecule has 1 aliphatic carbocycles. The fraction of sp³-hybridized carbons (Fsp3) is 0.500. The van der Waals surface area contributed by atoms with E-state index >= 15 is 0 Å². The Balaban J connectivity index is 2.28. The van der Waals surface area contributed by atoms with Gasteiger partial charge in [-0.2, -0.15) is 0 Å². The zero-order valence-corrected chi connectivity index (χ0v) is 11.7. The third-order valence-corrected chi connectivity index (χ3v) is 3.96. The van der Waals surface area contributed by atoms with Crippen LogP contribution in [-0.2, 0) is 0 Å². The molecule has 1 amide bonds. The number of amides is 1. The number of hydrogen-bond donors (Lipinski definition) is 1. The molecule has 2 rings (SSSR count). The number of nitro groups is 1.